The molecule has 0 saturated carbocycles. The monoisotopic (exact) mass is 137 g/mol. The quantitative estimate of drug-likeness (QED) is 0.615. The highest BCUT2D eigenvalue weighted by Crippen LogP contribution is 2.20. The van der Waals surface area contributed by atoms with Gasteiger partial charge < -0.3 is 5.73 Å². The molecule has 1 atom stereocenters. The molecular formula is C6H13F2N. The first kappa shape index (κ1) is 8.82. The summed E-state index contributed by atoms with van der Waals surface area (Å²) in [5.41, 5.74) is 3.92. The van der Waals surface area contributed by atoms with Crippen molar-refractivity contribution in [2.24, 2.45) is 11.7 Å². The molecule has 2 N–H and O–H groups in total. The maximum absolute atomic E-state index is 11.9. The number of halogens is 2. The molecule has 0 aliphatic rings. The molecular weight excluding hydrogens is 124 g/mol. The highest BCUT2D eigenvalue weighted by Gasteiger charge is 2.33. The van der Waals surface area contributed by atoms with Crippen molar-refractivity contribution in [2.45, 2.75) is 32.7 Å². The Labute approximate surface area is 54.2 Å². The Kier molecular flexibility index (Phi) is 2.55. The second-order valence-corrected chi connectivity index (χ2v) is 2.82. The molecule has 56 valence electrons. The van der Waals surface area contributed by atoms with Gasteiger partial charge in [-0.05, 0) is 12.8 Å². The molecule has 3 heteroatoms. The lowest BCUT2D eigenvalue weighted by Crippen LogP contribution is -2.48. The summed E-state index contributed by atoms with van der Waals surface area (Å²) in [4.78, 5) is 0. The van der Waals surface area contributed by atoms with Gasteiger partial charge in [0.2, 0.25) is 0 Å². The van der Waals surface area contributed by atoms with Gasteiger partial charge in [0.15, 0.2) is 0 Å². The molecule has 0 rings (SSSR count). The van der Waals surface area contributed by atoms with Gasteiger partial charge in [-0.25, -0.2) is 8.78 Å². The van der Waals surface area contributed by atoms with Crippen molar-refractivity contribution in [3.63, 3.8) is 0 Å². The van der Waals surface area contributed by atoms with Crippen LogP contribution in [0.4, 0.5) is 8.78 Å². The van der Waals surface area contributed by atoms with E-state index < -0.39 is 12.0 Å². The highest BCUT2D eigenvalue weighted by molar-refractivity contribution is 4.84. The number of alkyl halides is 2. The number of hydrogen-bond acceptors (Lipinski definition) is 1. The van der Waals surface area contributed by atoms with Crippen LogP contribution in [0.5, 0.6) is 0 Å². The Morgan fingerprint density at radius 1 is 1.33 bits per heavy atom. The van der Waals surface area contributed by atoms with Crippen LogP contribution in [0.1, 0.15) is 20.8 Å². The number of nitrogens with two attached hydrogens (primary N) is 1. The molecule has 1 nitrogen and oxygen atoms in total. The summed E-state index contributed by atoms with van der Waals surface area (Å²) in [5, 5.41) is 0. The van der Waals surface area contributed by atoms with E-state index in [0.29, 0.717) is 0 Å². The van der Waals surface area contributed by atoms with Crippen molar-refractivity contribution in [1.29, 1.82) is 0 Å². The van der Waals surface area contributed by atoms with Gasteiger partial charge >= 0.3 is 0 Å². The van der Waals surface area contributed by atoms with E-state index in [1.165, 1.54) is 6.92 Å². The number of rotatable bonds is 2. The predicted octanol–water partition coefficient (Wildman–Crippen LogP) is 1.62. The van der Waals surface area contributed by atoms with Crippen LogP contribution in [-0.4, -0.2) is 12.0 Å². The highest BCUT2D eigenvalue weighted by atomic mass is 19.3. The molecule has 0 spiro atoms. The van der Waals surface area contributed by atoms with E-state index in [1.807, 2.05) is 0 Å². The van der Waals surface area contributed by atoms with Crippen LogP contribution in [0.3, 0.4) is 0 Å². The second kappa shape index (κ2) is 2.60. The summed E-state index contributed by atoms with van der Waals surface area (Å²) in [5.74, 6) is -0.183. The van der Waals surface area contributed by atoms with Crippen LogP contribution in [-0.2, 0) is 0 Å². The van der Waals surface area contributed by atoms with Crippen LogP contribution >= 0.6 is 0 Å². The lowest BCUT2D eigenvalue weighted by Gasteiger charge is -2.27. The maximum Gasteiger partial charge on any atom is 0.256 e. The molecule has 0 bridgehead atoms. The molecule has 0 aromatic carbocycles. The van der Waals surface area contributed by atoms with Gasteiger partial charge in [-0.15, -0.1) is 0 Å². The lowest BCUT2D eigenvalue weighted by atomic mass is 9.90. The maximum atomic E-state index is 11.9. The largest absolute Gasteiger partial charge is 0.320 e. The summed E-state index contributed by atoms with van der Waals surface area (Å²) in [7, 11) is 0. The smallest absolute Gasteiger partial charge is 0.256 e. The fraction of sp³-hybridized carbons (Fsp3) is 1.00. The molecule has 0 aliphatic heterocycles. The Morgan fingerprint density at radius 2 is 1.67 bits per heavy atom. The van der Waals surface area contributed by atoms with E-state index >= 15 is 0 Å². The fourth-order valence-corrected chi connectivity index (χ4v) is 0.252. The average molecular weight is 137 g/mol. The first-order chi connectivity index (χ1) is 3.89. The Bertz CT molecular complexity index is 79.1. The molecule has 0 aromatic heterocycles. The first-order valence-corrected chi connectivity index (χ1v) is 2.96. The normalized spacial score (nSPS) is 18.7. The number of hydrogen-bond donors (Lipinski definition) is 1. The minimum atomic E-state index is -2.43. The Balaban J connectivity index is 4.01. The summed E-state index contributed by atoms with van der Waals surface area (Å²) < 4.78 is 23.9. The van der Waals surface area contributed by atoms with Crippen molar-refractivity contribution in [3.8, 4) is 0 Å². The van der Waals surface area contributed by atoms with Crippen LogP contribution < -0.4 is 5.73 Å². The third-order valence-corrected chi connectivity index (χ3v) is 1.71. The van der Waals surface area contributed by atoms with E-state index in [0.717, 1.165) is 0 Å². The van der Waals surface area contributed by atoms with Crippen molar-refractivity contribution in [1.82, 2.24) is 0 Å². The molecule has 1 unspecified atom stereocenters. The van der Waals surface area contributed by atoms with E-state index in [1.54, 1.807) is 13.8 Å². The molecule has 9 heavy (non-hydrogen) atoms. The molecule has 0 heterocycles. The van der Waals surface area contributed by atoms with E-state index in [2.05, 4.69) is 0 Å². The summed E-state index contributed by atoms with van der Waals surface area (Å²) in [6.07, 6.45) is -2.43. The van der Waals surface area contributed by atoms with Crippen LogP contribution in [0.25, 0.3) is 0 Å². The van der Waals surface area contributed by atoms with Crippen molar-refractivity contribution in [3.05, 3.63) is 0 Å². The van der Waals surface area contributed by atoms with Crippen molar-refractivity contribution >= 4 is 0 Å². The van der Waals surface area contributed by atoms with Crippen LogP contribution in [0, 0.1) is 5.92 Å². The van der Waals surface area contributed by atoms with Gasteiger partial charge in [0.05, 0.1) is 5.54 Å². The standard InChI is InChI=1S/C6H13F2N/c1-4(2)6(3,9)5(7)8/h4-5H,9H2,1-3H3. The molecule has 0 aliphatic carbocycles. The summed E-state index contributed by atoms with van der Waals surface area (Å²) in [6.45, 7) is 4.74. The molecule has 0 radical (unpaired) electrons. The second-order valence-electron chi connectivity index (χ2n) is 2.82. The topological polar surface area (TPSA) is 26.0 Å². The third-order valence-electron chi connectivity index (χ3n) is 1.71. The lowest BCUT2D eigenvalue weighted by molar-refractivity contribution is 0.0379. The Morgan fingerprint density at radius 3 is 1.67 bits per heavy atom. The van der Waals surface area contributed by atoms with Gasteiger partial charge in [-0.3, -0.25) is 0 Å². The van der Waals surface area contributed by atoms with E-state index in [4.69, 9.17) is 5.73 Å². The van der Waals surface area contributed by atoms with E-state index in [9.17, 15) is 8.78 Å². The summed E-state index contributed by atoms with van der Waals surface area (Å²) in [6, 6.07) is 0. The Hall–Kier alpha value is -0.180. The molecule has 0 aromatic rings. The minimum absolute atomic E-state index is 0.183. The average Bonchev–Trinajstić information content (AvgIpc) is 1.65. The van der Waals surface area contributed by atoms with Crippen molar-refractivity contribution in [2.75, 3.05) is 0 Å². The molecule has 0 amide bonds. The first-order valence-electron chi connectivity index (χ1n) is 2.96. The molecule has 0 saturated heterocycles. The predicted molar refractivity (Wildman–Crippen MR) is 33.4 cm³/mol. The van der Waals surface area contributed by atoms with Gasteiger partial charge in [-0.2, -0.15) is 0 Å². The van der Waals surface area contributed by atoms with Gasteiger partial charge in [0, 0.05) is 0 Å². The van der Waals surface area contributed by atoms with Gasteiger partial charge in [0.1, 0.15) is 0 Å². The third kappa shape index (κ3) is 1.90. The minimum Gasteiger partial charge on any atom is -0.320 e. The van der Waals surface area contributed by atoms with Crippen LogP contribution in [0.15, 0.2) is 0 Å². The zero-order valence-electron chi connectivity index (χ0n) is 5.99. The van der Waals surface area contributed by atoms with Gasteiger partial charge in [-0.1, -0.05) is 13.8 Å². The molecule has 0 fully saturated rings. The zero-order valence-corrected chi connectivity index (χ0v) is 5.99. The van der Waals surface area contributed by atoms with E-state index in [-0.39, 0.29) is 5.92 Å². The van der Waals surface area contributed by atoms with Crippen molar-refractivity contribution < 1.29 is 8.78 Å². The van der Waals surface area contributed by atoms with Gasteiger partial charge in [0.25, 0.3) is 6.43 Å². The summed E-state index contributed by atoms with van der Waals surface area (Å²) >= 11 is 0. The SMILES string of the molecule is CC(C)C(C)(N)C(F)F. The van der Waals surface area contributed by atoms with Crippen LogP contribution in [0.2, 0.25) is 0 Å². The zero-order chi connectivity index (χ0) is 7.65. The fourth-order valence-electron chi connectivity index (χ4n) is 0.252.